The highest BCUT2D eigenvalue weighted by Gasteiger charge is 2.18. The normalized spacial score (nSPS) is 10.8. The number of carbonyl (C=O) groups excluding carboxylic acids is 1. The number of hydrogen-bond acceptors (Lipinski definition) is 4. The van der Waals surface area contributed by atoms with Gasteiger partial charge in [0.25, 0.3) is 5.91 Å². The minimum atomic E-state index is -0.426. The molecule has 3 rings (SSSR count). The van der Waals surface area contributed by atoms with Crippen molar-refractivity contribution in [3.63, 3.8) is 0 Å². The monoisotopic (exact) mass is 321 g/mol. The van der Waals surface area contributed by atoms with Crippen molar-refractivity contribution in [3.05, 3.63) is 46.6 Å². The van der Waals surface area contributed by atoms with Gasteiger partial charge in [0, 0.05) is 12.4 Å². The van der Waals surface area contributed by atoms with Crippen LogP contribution in [0, 0.1) is 0 Å². The van der Waals surface area contributed by atoms with Crippen LogP contribution in [0.3, 0.4) is 0 Å². The molecule has 2 aromatic heterocycles. The van der Waals surface area contributed by atoms with Crippen LogP contribution in [0.2, 0.25) is 10.3 Å². The summed E-state index contributed by atoms with van der Waals surface area (Å²) in [5.41, 5.74) is 1.30. The zero-order valence-corrected chi connectivity index (χ0v) is 12.4. The Morgan fingerprint density at radius 1 is 1.19 bits per heavy atom. The van der Waals surface area contributed by atoms with Crippen molar-refractivity contribution in [3.8, 4) is 0 Å². The maximum Gasteiger partial charge on any atom is 0.276 e. The predicted molar refractivity (Wildman–Crippen MR) is 80.7 cm³/mol. The number of para-hydroxylation sites is 1. The minimum Gasteiger partial charge on any atom is -0.315 e. The molecule has 0 unspecified atom stereocenters. The summed E-state index contributed by atoms with van der Waals surface area (Å²) >= 11 is 11.8. The summed E-state index contributed by atoms with van der Waals surface area (Å²) in [6, 6.07) is 7.42. The molecule has 2 heterocycles. The Balaban J connectivity index is 2.02. The van der Waals surface area contributed by atoms with Crippen LogP contribution >= 0.6 is 23.2 Å². The van der Waals surface area contributed by atoms with Crippen LogP contribution in [0.5, 0.6) is 0 Å². The molecule has 3 aromatic rings. The lowest BCUT2D eigenvalue weighted by molar-refractivity contribution is 0.102. The van der Waals surface area contributed by atoms with Gasteiger partial charge in [-0.15, -0.1) is 0 Å². The third-order valence-corrected chi connectivity index (χ3v) is 3.54. The second-order valence-corrected chi connectivity index (χ2v) is 4.99. The Morgan fingerprint density at radius 2 is 1.86 bits per heavy atom. The molecule has 0 bridgehead atoms. The number of carbonyl (C=O) groups is 1. The lowest BCUT2D eigenvalue weighted by atomic mass is 10.2. The smallest absolute Gasteiger partial charge is 0.276 e. The molecule has 0 saturated carbocycles. The summed E-state index contributed by atoms with van der Waals surface area (Å²) in [6.07, 6.45) is 1.22. The second-order valence-electron chi connectivity index (χ2n) is 4.27. The topological polar surface area (TPSA) is 72.7 Å². The Hall–Kier alpha value is -2.18. The van der Waals surface area contributed by atoms with Crippen LogP contribution < -0.4 is 5.32 Å². The highest BCUT2D eigenvalue weighted by molar-refractivity contribution is 6.38. The number of nitrogens with one attached hydrogen (secondary N) is 1. The molecule has 0 radical (unpaired) electrons. The fourth-order valence-corrected chi connectivity index (χ4v) is 2.41. The number of aromatic nitrogens is 4. The molecular formula is C13H9Cl2N5O. The molecule has 1 amide bonds. The maximum absolute atomic E-state index is 12.4. The van der Waals surface area contributed by atoms with E-state index in [1.54, 1.807) is 11.7 Å². The zero-order chi connectivity index (χ0) is 15.0. The number of fused-ring (bicyclic) bond motifs is 1. The number of anilines is 1. The maximum atomic E-state index is 12.4. The van der Waals surface area contributed by atoms with Crippen molar-refractivity contribution in [2.24, 2.45) is 7.05 Å². The van der Waals surface area contributed by atoms with Gasteiger partial charge in [-0.1, -0.05) is 41.4 Å². The summed E-state index contributed by atoms with van der Waals surface area (Å²) in [5.74, 6) is -0.426. The summed E-state index contributed by atoms with van der Waals surface area (Å²) in [4.78, 5) is 20.0. The summed E-state index contributed by atoms with van der Waals surface area (Å²) in [5, 5.41) is 7.70. The summed E-state index contributed by atoms with van der Waals surface area (Å²) < 4.78 is 1.63. The summed E-state index contributed by atoms with van der Waals surface area (Å²) in [6.45, 7) is 0. The lowest BCUT2D eigenvalue weighted by Crippen LogP contribution is -2.14. The summed E-state index contributed by atoms with van der Waals surface area (Å²) in [7, 11) is 1.77. The number of amides is 1. The lowest BCUT2D eigenvalue weighted by Gasteiger charge is -2.06. The molecule has 106 valence electrons. The van der Waals surface area contributed by atoms with Crippen LogP contribution in [-0.4, -0.2) is 25.7 Å². The fourth-order valence-electron chi connectivity index (χ4n) is 2.00. The van der Waals surface area contributed by atoms with Crippen LogP contribution in [-0.2, 0) is 7.05 Å². The van der Waals surface area contributed by atoms with Crippen molar-refractivity contribution < 1.29 is 4.79 Å². The Kier molecular flexibility index (Phi) is 3.48. The number of benzene rings is 1. The van der Waals surface area contributed by atoms with Gasteiger partial charge in [-0.2, -0.15) is 5.10 Å². The molecule has 0 fully saturated rings. The van der Waals surface area contributed by atoms with Crippen LogP contribution in [0.25, 0.3) is 10.9 Å². The van der Waals surface area contributed by atoms with Crippen LogP contribution in [0.1, 0.15) is 10.5 Å². The van der Waals surface area contributed by atoms with Gasteiger partial charge in [0.1, 0.15) is 12.0 Å². The molecule has 6 nitrogen and oxygen atoms in total. The van der Waals surface area contributed by atoms with Crippen molar-refractivity contribution in [1.82, 2.24) is 19.7 Å². The van der Waals surface area contributed by atoms with Crippen LogP contribution in [0.4, 0.5) is 5.69 Å². The molecule has 0 spiro atoms. The van der Waals surface area contributed by atoms with Crippen molar-refractivity contribution in [1.29, 1.82) is 0 Å². The van der Waals surface area contributed by atoms with E-state index in [2.05, 4.69) is 20.4 Å². The van der Waals surface area contributed by atoms with E-state index < -0.39 is 5.91 Å². The van der Waals surface area contributed by atoms with E-state index in [4.69, 9.17) is 23.2 Å². The molecule has 1 N–H and O–H groups in total. The third kappa shape index (κ3) is 2.43. The van der Waals surface area contributed by atoms with E-state index in [0.29, 0.717) is 0 Å². The molecule has 0 atom stereocenters. The first-order chi connectivity index (χ1) is 10.1. The molecule has 0 aliphatic rings. The molecule has 0 saturated heterocycles. The zero-order valence-electron chi connectivity index (χ0n) is 10.8. The largest absolute Gasteiger partial charge is 0.315 e. The molecule has 21 heavy (non-hydrogen) atoms. The molecular weight excluding hydrogens is 313 g/mol. The average Bonchev–Trinajstić information content (AvgIpc) is 2.81. The van der Waals surface area contributed by atoms with Gasteiger partial charge in [0.05, 0.1) is 5.52 Å². The van der Waals surface area contributed by atoms with Gasteiger partial charge < -0.3 is 5.32 Å². The Bertz CT molecular complexity index is 825. The molecule has 1 aromatic carbocycles. The van der Waals surface area contributed by atoms with Crippen molar-refractivity contribution in [2.75, 3.05) is 5.32 Å². The van der Waals surface area contributed by atoms with E-state index in [0.717, 1.165) is 10.9 Å². The van der Waals surface area contributed by atoms with E-state index in [1.807, 2.05) is 24.3 Å². The number of hydrogen-bond donors (Lipinski definition) is 1. The fraction of sp³-hybridized carbons (Fsp3) is 0.0769. The van der Waals surface area contributed by atoms with E-state index in [1.165, 1.54) is 6.33 Å². The first-order valence-electron chi connectivity index (χ1n) is 5.97. The van der Waals surface area contributed by atoms with Crippen molar-refractivity contribution >= 4 is 45.7 Å². The van der Waals surface area contributed by atoms with E-state index >= 15 is 0 Å². The van der Waals surface area contributed by atoms with Crippen molar-refractivity contribution in [2.45, 2.75) is 0 Å². The standard InChI is InChI=1S/C13H9Cl2N5O/c1-20-8-5-3-2-4-7(8)9(19-20)13(21)18-10-11(14)16-6-17-12(10)15/h2-6H,1H3,(H,18,21). The number of halogens is 2. The average molecular weight is 322 g/mol. The first-order valence-corrected chi connectivity index (χ1v) is 6.72. The number of nitrogens with zero attached hydrogens (tertiary/aromatic N) is 4. The second kappa shape index (κ2) is 5.31. The molecule has 8 heteroatoms. The first kappa shape index (κ1) is 13.8. The van der Waals surface area contributed by atoms with Gasteiger partial charge in [-0.05, 0) is 6.07 Å². The minimum absolute atomic E-state index is 0.0728. The van der Waals surface area contributed by atoms with Gasteiger partial charge >= 0.3 is 0 Å². The predicted octanol–water partition coefficient (Wildman–Crippen LogP) is 2.92. The van der Waals surface area contributed by atoms with Crippen LogP contribution in [0.15, 0.2) is 30.6 Å². The van der Waals surface area contributed by atoms with Gasteiger partial charge in [0.15, 0.2) is 16.0 Å². The molecule has 0 aliphatic heterocycles. The van der Waals surface area contributed by atoms with E-state index in [-0.39, 0.29) is 21.7 Å². The van der Waals surface area contributed by atoms with Gasteiger partial charge in [-0.3, -0.25) is 9.48 Å². The highest BCUT2D eigenvalue weighted by Crippen LogP contribution is 2.27. The number of rotatable bonds is 2. The van der Waals surface area contributed by atoms with Gasteiger partial charge in [-0.25, -0.2) is 9.97 Å². The quantitative estimate of drug-likeness (QED) is 0.736. The molecule has 0 aliphatic carbocycles. The van der Waals surface area contributed by atoms with Gasteiger partial charge in [0.2, 0.25) is 0 Å². The SMILES string of the molecule is Cn1nc(C(=O)Nc2c(Cl)ncnc2Cl)c2ccccc21. The highest BCUT2D eigenvalue weighted by atomic mass is 35.5. The third-order valence-electron chi connectivity index (χ3n) is 2.97. The van der Waals surface area contributed by atoms with E-state index in [9.17, 15) is 4.79 Å². The number of aryl methyl sites for hydroxylation is 1. The Labute approximate surface area is 129 Å². The Morgan fingerprint density at radius 3 is 2.57 bits per heavy atom.